The SMILES string of the molecule is CCCC[C@@H](CC)C(=O)N(CCCN(C)C)CC(=O)Nc1nccs1. The molecule has 0 bridgehead atoms. The summed E-state index contributed by atoms with van der Waals surface area (Å²) in [7, 11) is 4.02. The molecule has 0 spiro atoms. The van der Waals surface area contributed by atoms with E-state index in [2.05, 4.69) is 22.1 Å². The Hall–Kier alpha value is -1.47. The fraction of sp³-hybridized carbons (Fsp3) is 0.722. The lowest BCUT2D eigenvalue weighted by atomic mass is 9.97. The topological polar surface area (TPSA) is 65.5 Å². The number of nitrogens with one attached hydrogen (secondary N) is 1. The zero-order valence-electron chi connectivity index (χ0n) is 16.0. The molecule has 0 fully saturated rings. The molecule has 0 radical (unpaired) electrons. The third-order valence-electron chi connectivity index (χ3n) is 4.11. The summed E-state index contributed by atoms with van der Waals surface area (Å²) in [6.45, 7) is 5.77. The Labute approximate surface area is 155 Å². The molecule has 0 saturated heterocycles. The van der Waals surface area contributed by atoms with E-state index in [4.69, 9.17) is 0 Å². The maximum atomic E-state index is 12.9. The lowest BCUT2D eigenvalue weighted by Crippen LogP contribution is -2.42. The first-order valence-corrected chi connectivity index (χ1v) is 9.98. The highest BCUT2D eigenvalue weighted by Crippen LogP contribution is 2.17. The van der Waals surface area contributed by atoms with Crippen molar-refractivity contribution in [3.8, 4) is 0 Å². The molecule has 7 heteroatoms. The van der Waals surface area contributed by atoms with E-state index in [9.17, 15) is 9.59 Å². The molecule has 0 aliphatic rings. The molecule has 1 aromatic rings. The van der Waals surface area contributed by atoms with Crippen LogP contribution in [0, 0.1) is 5.92 Å². The minimum Gasteiger partial charge on any atom is -0.333 e. The monoisotopic (exact) mass is 368 g/mol. The van der Waals surface area contributed by atoms with Crippen molar-refractivity contribution in [2.75, 3.05) is 39.0 Å². The summed E-state index contributed by atoms with van der Waals surface area (Å²) >= 11 is 1.38. The third kappa shape index (κ3) is 8.45. The predicted molar refractivity (Wildman–Crippen MR) is 104 cm³/mol. The summed E-state index contributed by atoms with van der Waals surface area (Å²) in [4.78, 5) is 33.1. The summed E-state index contributed by atoms with van der Waals surface area (Å²) < 4.78 is 0. The molecule has 0 aromatic carbocycles. The van der Waals surface area contributed by atoms with Crippen LogP contribution in [-0.2, 0) is 9.59 Å². The average Bonchev–Trinajstić information content (AvgIpc) is 3.06. The van der Waals surface area contributed by atoms with E-state index in [1.807, 2.05) is 26.4 Å². The average molecular weight is 369 g/mol. The number of rotatable bonds is 12. The van der Waals surface area contributed by atoms with Crippen LogP contribution in [0.3, 0.4) is 0 Å². The van der Waals surface area contributed by atoms with Crippen LogP contribution >= 0.6 is 11.3 Å². The summed E-state index contributed by atoms with van der Waals surface area (Å²) in [5, 5.41) is 5.16. The Balaban J connectivity index is 2.68. The van der Waals surface area contributed by atoms with Gasteiger partial charge in [-0.2, -0.15) is 0 Å². The zero-order valence-corrected chi connectivity index (χ0v) is 16.8. The maximum absolute atomic E-state index is 12.9. The van der Waals surface area contributed by atoms with Gasteiger partial charge in [0.2, 0.25) is 11.8 Å². The van der Waals surface area contributed by atoms with Crippen molar-refractivity contribution < 1.29 is 9.59 Å². The van der Waals surface area contributed by atoms with E-state index in [0.29, 0.717) is 11.7 Å². The molecule has 0 saturated carbocycles. The first kappa shape index (κ1) is 21.6. The van der Waals surface area contributed by atoms with Gasteiger partial charge in [-0.1, -0.05) is 26.7 Å². The van der Waals surface area contributed by atoms with Gasteiger partial charge in [0.1, 0.15) is 0 Å². The smallest absolute Gasteiger partial charge is 0.245 e. The minimum absolute atomic E-state index is 0.00645. The number of anilines is 1. The van der Waals surface area contributed by atoms with Gasteiger partial charge in [0, 0.05) is 24.0 Å². The van der Waals surface area contributed by atoms with Gasteiger partial charge in [-0.15, -0.1) is 11.3 Å². The summed E-state index contributed by atoms with van der Waals surface area (Å²) in [6, 6.07) is 0. The van der Waals surface area contributed by atoms with Crippen LogP contribution in [0.5, 0.6) is 0 Å². The van der Waals surface area contributed by atoms with Gasteiger partial charge < -0.3 is 15.1 Å². The van der Waals surface area contributed by atoms with Gasteiger partial charge in [0.25, 0.3) is 0 Å². The van der Waals surface area contributed by atoms with Gasteiger partial charge >= 0.3 is 0 Å². The Kier molecular flexibility index (Phi) is 10.3. The standard InChI is InChI=1S/C18H32N4O2S/c1-5-7-9-15(6-2)17(24)22(12-8-11-21(3)4)14-16(23)20-18-19-10-13-25-18/h10,13,15H,5-9,11-12,14H2,1-4H3,(H,19,20,23)/t15-/m1/s1. The second kappa shape index (κ2) is 12.0. The lowest BCUT2D eigenvalue weighted by Gasteiger charge is -2.27. The largest absolute Gasteiger partial charge is 0.333 e. The Morgan fingerprint density at radius 3 is 2.56 bits per heavy atom. The first-order valence-electron chi connectivity index (χ1n) is 9.10. The van der Waals surface area contributed by atoms with Crippen molar-refractivity contribution >= 4 is 28.3 Å². The van der Waals surface area contributed by atoms with E-state index < -0.39 is 0 Å². The van der Waals surface area contributed by atoms with Crippen LogP contribution in [0.4, 0.5) is 5.13 Å². The molecule has 1 aromatic heterocycles. The van der Waals surface area contributed by atoms with Crippen molar-refractivity contribution in [3.05, 3.63) is 11.6 Å². The van der Waals surface area contributed by atoms with Gasteiger partial charge in [-0.05, 0) is 39.9 Å². The van der Waals surface area contributed by atoms with Crippen LogP contribution in [-0.4, -0.2) is 60.3 Å². The Bertz CT molecular complexity index is 505. The Morgan fingerprint density at radius 1 is 1.24 bits per heavy atom. The van der Waals surface area contributed by atoms with Crippen molar-refractivity contribution in [2.24, 2.45) is 5.92 Å². The molecule has 0 aliphatic heterocycles. The molecule has 142 valence electrons. The number of carbonyl (C=O) groups excluding carboxylic acids is 2. The highest BCUT2D eigenvalue weighted by molar-refractivity contribution is 7.13. The normalized spacial score (nSPS) is 12.2. The van der Waals surface area contributed by atoms with Gasteiger partial charge in [-0.3, -0.25) is 9.59 Å². The number of aromatic nitrogens is 1. The van der Waals surface area contributed by atoms with Crippen LogP contribution in [0.2, 0.25) is 0 Å². The highest BCUT2D eigenvalue weighted by atomic mass is 32.1. The van der Waals surface area contributed by atoms with E-state index in [-0.39, 0.29) is 24.3 Å². The Morgan fingerprint density at radius 2 is 2.00 bits per heavy atom. The number of nitrogens with zero attached hydrogens (tertiary/aromatic N) is 3. The minimum atomic E-state index is -0.182. The number of amides is 2. The fourth-order valence-electron chi connectivity index (χ4n) is 2.67. The quantitative estimate of drug-likeness (QED) is 0.616. The maximum Gasteiger partial charge on any atom is 0.245 e. The van der Waals surface area contributed by atoms with Gasteiger partial charge in [0.05, 0.1) is 6.54 Å². The first-order chi connectivity index (χ1) is 12.0. The van der Waals surface area contributed by atoms with E-state index >= 15 is 0 Å². The van der Waals surface area contributed by atoms with E-state index in [1.165, 1.54) is 11.3 Å². The van der Waals surface area contributed by atoms with Crippen molar-refractivity contribution in [3.63, 3.8) is 0 Å². The molecule has 1 rings (SSSR count). The summed E-state index contributed by atoms with van der Waals surface area (Å²) in [5.41, 5.74) is 0. The van der Waals surface area contributed by atoms with Crippen LogP contribution in [0.15, 0.2) is 11.6 Å². The molecule has 6 nitrogen and oxygen atoms in total. The molecular formula is C18H32N4O2S. The molecule has 25 heavy (non-hydrogen) atoms. The molecule has 2 amide bonds. The second-order valence-corrected chi connectivity index (χ2v) is 7.44. The van der Waals surface area contributed by atoms with Gasteiger partial charge in [-0.25, -0.2) is 4.98 Å². The molecule has 0 aliphatic carbocycles. The highest BCUT2D eigenvalue weighted by Gasteiger charge is 2.24. The summed E-state index contributed by atoms with van der Waals surface area (Å²) in [6.07, 6.45) is 6.34. The molecular weight excluding hydrogens is 336 g/mol. The summed E-state index contributed by atoms with van der Waals surface area (Å²) in [5.74, 6) is -0.0746. The van der Waals surface area contributed by atoms with Crippen LogP contribution in [0.25, 0.3) is 0 Å². The second-order valence-electron chi connectivity index (χ2n) is 6.55. The van der Waals surface area contributed by atoms with Crippen molar-refractivity contribution in [1.82, 2.24) is 14.8 Å². The van der Waals surface area contributed by atoms with Crippen LogP contribution < -0.4 is 5.32 Å². The number of hydrogen-bond donors (Lipinski definition) is 1. The number of hydrogen-bond acceptors (Lipinski definition) is 5. The lowest BCUT2D eigenvalue weighted by molar-refractivity contribution is -0.138. The molecule has 1 N–H and O–H groups in total. The van der Waals surface area contributed by atoms with Crippen LogP contribution in [0.1, 0.15) is 46.0 Å². The van der Waals surface area contributed by atoms with Crippen molar-refractivity contribution in [2.45, 2.75) is 46.0 Å². The zero-order chi connectivity index (χ0) is 18.7. The van der Waals surface area contributed by atoms with E-state index in [0.717, 1.165) is 38.6 Å². The molecule has 1 heterocycles. The number of carbonyl (C=O) groups is 2. The third-order valence-corrected chi connectivity index (χ3v) is 4.79. The predicted octanol–water partition coefficient (Wildman–Crippen LogP) is 3.08. The number of unbranched alkanes of at least 4 members (excludes halogenated alkanes) is 1. The van der Waals surface area contributed by atoms with Gasteiger partial charge in [0.15, 0.2) is 5.13 Å². The fourth-order valence-corrected chi connectivity index (χ4v) is 3.22. The number of thiazole rings is 1. The van der Waals surface area contributed by atoms with Crippen molar-refractivity contribution in [1.29, 1.82) is 0 Å². The molecule has 1 atom stereocenters. The van der Waals surface area contributed by atoms with E-state index in [1.54, 1.807) is 11.1 Å². The molecule has 0 unspecified atom stereocenters.